The van der Waals surface area contributed by atoms with E-state index in [-0.39, 0.29) is 5.49 Å². The van der Waals surface area contributed by atoms with Crippen molar-refractivity contribution in [3.8, 4) is 5.75 Å². The average Bonchev–Trinajstić information content (AvgIpc) is 3.23. The molecule has 1 aliphatic heterocycles. The number of nitrogens with one attached hydrogen (secondary N) is 2. The summed E-state index contributed by atoms with van der Waals surface area (Å²) < 4.78 is 7.33. The van der Waals surface area contributed by atoms with Gasteiger partial charge in [0.25, 0.3) is 0 Å². The number of aromatic amines is 1. The van der Waals surface area contributed by atoms with Gasteiger partial charge < -0.3 is 19.2 Å². The summed E-state index contributed by atoms with van der Waals surface area (Å²) in [5, 5.41) is 11.7. The molecule has 0 saturated carbocycles. The third kappa shape index (κ3) is 4.61. The lowest BCUT2D eigenvalue weighted by Crippen LogP contribution is -2.32. The lowest BCUT2D eigenvalue weighted by molar-refractivity contribution is -0.119. The average molecular weight is 442 g/mol. The molecule has 3 aromatic rings. The molecule has 11 heteroatoms. The van der Waals surface area contributed by atoms with Crippen LogP contribution in [0, 0.1) is 16.2 Å². The Morgan fingerprint density at radius 3 is 2.90 bits per heavy atom. The van der Waals surface area contributed by atoms with Crippen molar-refractivity contribution < 1.29 is 9.53 Å². The highest BCUT2D eigenvalue weighted by molar-refractivity contribution is 7.99. The fourth-order valence-electron chi connectivity index (χ4n) is 3.75. The van der Waals surface area contributed by atoms with E-state index in [1.54, 1.807) is 31.6 Å². The van der Waals surface area contributed by atoms with E-state index in [0.29, 0.717) is 38.6 Å². The van der Waals surface area contributed by atoms with Crippen LogP contribution >= 0.6 is 11.8 Å². The second kappa shape index (κ2) is 9.29. The number of carbonyl (C=O) groups is 1. The van der Waals surface area contributed by atoms with Crippen LogP contribution in [0.15, 0.2) is 39.8 Å². The van der Waals surface area contributed by atoms with Gasteiger partial charge in [-0.2, -0.15) is 0 Å². The second-order valence-corrected chi connectivity index (χ2v) is 8.46. The summed E-state index contributed by atoms with van der Waals surface area (Å²) in [7, 11) is 1.56. The highest BCUT2D eigenvalue weighted by Crippen LogP contribution is 2.36. The predicted molar refractivity (Wildman–Crippen MR) is 115 cm³/mol. The number of ether oxygens (including phenoxy) is 1. The topological polar surface area (TPSA) is 129 Å². The molecule has 1 fully saturated rings. The summed E-state index contributed by atoms with van der Waals surface area (Å²) in [6, 6.07) is 4.92. The minimum Gasteiger partial charge on any atom is -0.496 e. The molecule has 3 heterocycles. The van der Waals surface area contributed by atoms with Crippen LogP contribution in [-0.4, -0.2) is 51.0 Å². The largest absolute Gasteiger partial charge is 0.496 e. The molecule has 1 aromatic carbocycles. The Hall–Kier alpha value is -3.21. The van der Waals surface area contributed by atoms with Crippen LogP contribution in [0.1, 0.15) is 19.3 Å². The number of methoxy groups -OCH3 is 1. The molecule has 10 nitrogen and oxygen atoms in total. The van der Waals surface area contributed by atoms with Crippen LogP contribution in [0.3, 0.4) is 0 Å². The van der Waals surface area contributed by atoms with Crippen LogP contribution in [-0.2, 0) is 11.3 Å². The highest BCUT2D eigenvalue weighted by atomic mass is 32.2. The first-order chi connectivity index (χ1) is 15.1. The first kappa shape index (κ1) is 21.0. The Morgan fingerprint density at radius 1 is 1.39 bits per heavy atom. The highest BCUT2D eigenvalue weighted by Gasteiger charge is 2.19. The zero-order valence-electron chi connectivity index (χ0n) is 17.1. The Bertz CT molecular complexity index is 1150. The molecule has 1 saturated heterocycles. The second-order valence-electron chi connectivity index (χ2n) is 7.43. The van der Waals surface area contributed by atoms with E-state index in [2.05, 4.69) is 20.1 Å². The van der Waals surface area contributed by atoms with Gasteiger partial charge in [0.2, 0.25) is 6.41 Å². The lowest BCUT2D eigenvalue weighted by atomic mass is 9.94. The molecule has 0 bridgehead atoms. The van der Waals surface area contributed by atoms with Gasteiger partial charge in [-0.15, -0.1) is 4.91 Å². The molecule has 0 spiro atoms. The molecule has 1 amide bonds. The third-order valence-corrected chi connectivity index (χ3v) is 6.46. The summed E-state index contributed by atoms with van der Waals surface area (Å²) in [5.74, 6) is 1.15. The quantitative estimate of drug-likeness (QED) is 0.408. The normalized spacial score (nSPS) is 14.7. The number of fused-ring (bicyclic) bond motifs is 1. The minimum atomic E-state index is 0.125. The molecular weight excluding hydrogens is 418 g/mol. The third-order valence-electron chi connectivity index (χ3n) is 5.53. The van der Waals surface area contributed by atoms with Crippen LogP contribution in [0.25, 0.3) is 11.2 Å². The van der Waals surface area contributed by atoms with Crippen molar-refractivity contribution in [2.45, 2.75) is 35.9 Å². The molecule has 1 aliphatic rings. The first-order valence-electron chi connectivity index (χ1n) is 9.99. The molecule has 0 atom stereocenters. The number of hydrogen-bond acceptors (Lipinski definition) is 8. The van der Waals surface area contributed by atoms with Gasteiger partial charge >= 0.3 is 0 Å². The molecule has 4 rings (SSSR count). The minimum absolute atomic E-state index is 0.125. The number of imidazole rings is 1. The zero-order chi connectivity index (χ0) is 21.8. The number of H-pyrrole nitrogens is 1. The van der Waals surface area contributed by atoms with Gasteiger partial charge in [0.15, 0.2) is 16.3 Å². The van der Waals surface area contributed by atoms with Crippen molar-refractivity contribution >= 4 is 35.0 Å². The van der Waals surface area contributed by atoms with E-state index in [4.69, 9.17) is 10.1 Å². The fourth-order valence-corrected chi connectivity index (χ4v) is 4.67. The van der Waals surface area contributed by atoms with Crippen molar-refractivity contribution in [2.75, 3.05) is 20.2 Å². The van der Waals surface area contributed by atoms with Crippen molar-refractivity contribution in [3.05, 3.63) is 34.9 Å². The maximum Gasteiger partial charge on any atom is 0.209 e. The summed E-state index contributed by atoms with van der Waals surface area (Å²) in [5.41, 5.74) is 1.65. The monoisotopic (exact) mass is 441 g/mol. The lowest BCUT2D eigenvalue weighted by Gasteiger charge is -2.29. The molecule has 0 unspecified atom stereocenters. The number of aryl methyl sites for hydroxylation is 1. The van der Waals surface area contributed by atoms with E-state index in [1.807, 2.05) is 9.47 Å². The smallest absolute Gasteiger partial charge is 0.209 e. The van der Waals surface area contributed by atoms with E-state index in [0.717, 1.165) is 45.3 Å². The van der Waals surface area contributed by atoms with Crippen LogP contribution in [0.2, 0.25) is 0 Å². The number of benzene rings is 1. The Morgan fingerprint density at radius 2 is 2.19 bits per heavy atom. The predicted octanol–water partition coefficient (Wildman–Crippen LogP) is 3.06. The number of carbonyl (C=O) groups excluding carboxylic acids is 1. The van der Waals surface area contributed by atoms with Gasteiger partial charge in [-0.1, -0.05) is 0 Å². The summed E-state index contributed by atoms with van der Waals surface area (Å²) in [6.07, 6.45) is 5.52. The van der Waals surface area contributed by atoms with Crippen molar-refractivity contribution in [3.63, 3.8) is 0 Å². The molecule has 2 N–H and O–H groups in total. The summed E-state index contributed by atoms with van der Waals surface area (Å²) in [6.45, 7) is 2.34. The van der Waals surface area contributed by atoms with E-state index in [9.17, 15) is 9.70 Å². The molecule has 162 valence electrons. The maximum absolute atomic E-state index is 10.9. The fraction of sp³-hybridized carbons (Fsp3) is 0.400. The Kier molecular flexibility index (Phi) is 6.31. The number of likely N-dealkylation sites (tertiary alicyclic amines) is 1. The van der Waals surface area contributed by atoms with Gasteiger partial charge in [0, 0.05) is 19.6 Å². The first-order valence-corrected chi connectivity index (χ1v) is 10.8. The molecular formula is C20H23N7O3S. The Labute approximate surface area is 182 Å². The van der Waals surface area contributed by atoms with E-state index in [1.165, 1.54) is 11.8 Å². The molecule has 31 heavy (non-hydrogen) atoms. The van der Waals surface area contributed by atoms with Gasteiger partial charge in [-0.05, 0) is 60.3 Å². The SMILES string of the molecule is COc1ccc(N=O)cc1Sc1nc2c([nH]1)c(=N)ncn2CCC1CCN(C=O)CC1. The Balaban J connectivity index is 1.55. The zero-order valence-corrected chi connectivity index (χ0v) is 17.9. The van der Waals surface area contributed by atoms with E-state index < -0.39 is 0 Å². The summed E-state index contributed by atoms with van der Waals surface area (Å²) in [4.78, 5) is 36.3. The van der Waals surface area contributed by atoms with Gasteiger partial charge in [-0.25, -0.2) is 9.97 Å². The maximum atomic E-state index is 10.9. The molecule has 0 aliphatic carbocycles. The molecule has 2 aromatic heterocycles. The standard InChI is InChI=1S/C20H23N7O3S/c1-30-15-3-2-14(25-29)10-16(15)31-20-23-17-18(21)22-11-27(19(17)24-20)9-6-13-4-7-26(12-28)8-5-13/h2-3,10-13,21H,4-9H2,1H3,(H,23,24). The number of aromatic nitrogens is 4. The number of piperidine rings is 1. The van der Waals surface area contributed by atoms with Gasteiger partial charge in [0.1, 0.15) is 17.0 Å². The number of nitroso groups, excluding NO2 is 1. The summed E-state index contributed by atoms with van der Waals surface area (Å²) >= 11 is 1.31. The van der Waals surface area contributed by atoms with Crippen LogP contribution in [0.4, 0.5) is 5.69 Å². The van der Waals surface area contributed by atoms with Crippen LogP contribution < -0.4 is 10.2 Å². The number of nitrogens with zero attached hydrogens (tertiary/aromatic N) is 5. The molecule has 0 radical (unpaired) electrons. The van der Waals surface area contributed by atoms with Crippen molar-refractivity contribution in [1.29, 1.82) is 5.41 Å². The van der Waals surface area contributed by atoms with Gasteiger partial charge in [0.05, 0.1) is 18.3 Å². The van der Waals surface area contributed by atoms with Crippen LogP contribution in [0.5, 0.6) is 5.75 Å². The van der Waals surface area contributed by atoms with Crippen molar-refractivity contribution in [2.24, 2.45) is 11.1 Å². The number of hydrogen-bond donors (Lipinski definition) is 2. The number of rotatable bonds is 8. The van der Waals surface area contributed by atoms with Gasteiger partial charge in [-0.3, -0.25) is 10.2 Å². The number of amides is 1. The van der Waals surface area contributed by atoms with E-state index >= 15 is 0 Å². The van der Waals surface area contributed by atoms with Crippen molar-refractivity contribution in [1.82, 2.24) is 24.4 Å².